The Kier molecular flexibility index (Phi) is 7.63. The number of alkyl halides is 3. The average molecular weight is 591 g/mol. The van der Waals surface area contributed by atoms with E-state index in [4.69, 9.17) is 4.74 Å². The minimum atomic E-state index is -4.56. The molecule has 3 aromatic heterocycles. The summed E-state index contributed by atoms with van der Waals surface area (Å²) in [6.45, 7) is 3.06. The molecule has 0 unspecified atom stereocenters. The molecule has 1 amide bonds. The van der Waals surface area contributed by atoms with Crippen LogP contribution < -0.4 is 10.1 Å². The largest absolute Gasteiger partial charge is 0.480 e. The van der Waals surface area contributed by atoms with Gasteiger partial charge < -0.3 is 15.0 Å². The Morgan fingerprint density at radius 3 is 2.42 bits per heavy atom. The van der Waals surface area contributed by atoms with Crippen LogP contribution in [0.5, 0.6) is 5.88 Å². The van der Waals surface area contributed by atoms with E-state index in [2.05, 4.69) is 35.2 Å². The molecular formula is C30H29F3N8O2. The Bertz CT molecular complexity index is 1640. The highest BCUT2D eigenvalue weighted by Gasteiger charge is 2.35. The summed E-state index contributed by atoms with van der Waals surface area (Å²) < 4.78 is 46.0. The van der Waals surface area contributed by atoms with Gasteiger partial charge in [0.2, 0.25) is 17.7 Å². The van der Waals surface area contributed by atoms with Crippen LogP contribution >= 0.6 is 0 Å². The van der Waals surface area contributed by atoms with E-state index in [0.29, 0.717) is 66.4 Å². The van der Waals surface area contributed by atoms with E-state index in [1.165, 1.54) is 25.6 Å². The number of hydrogen-bond donors (Lipinski definition) is 1. The van der Waals surface area contributed by atoms with Gasteiger partial charge in [0, 0.05) is 38.0 Å². The van der Waals surface area contributed by atoms with Crippen LogP contribution in [0.3, 0.4) is 0 Å². The van der Waals surface area contributed by atoms with Crippen molar-refractivity contribution >= 4 is 11.9 Å². The first-order chi connectivity index (χ1) is 20.7. The summed E-state index contributed by atoms with van der Waals surface area (Å²) in [6.07, 6.45) is 0.946. The number of rotatable bonds is 9. The van der Waals surface area contributed by atoms with E-state index in [9.17, 15) is 18.0 Å². The second kappa shape index (κ2) is 11.5. The van der Waals surface area contributed by atoms with Crippen LogP contribution in [0.2, 0.25) is 0 Å². The third-order valence-corrected chi connectivity index (χ3v) is 7.65. The molecule has 1 saturated heterocycles. The number of nitrogens with zero attached hydrogens (tertiary/aromatic N) is 7. The Labute approximate surface area is 245 Å². The maximum Gasteiger partial charge on any atom is 0.433 e. The fraction of sp³-hybridized carbons (Fsp3) is 0.367. The fourth-order valence-electron chi connectivity index (χ4n) is 5.20. The van der Waals surface area contributed by atoms with Gasteiger partial charge in [-0.1, -0.05) is 30.3 Å². The lowest BCUT2D eigenvalue weighted by Gasteiger charge is -2.39. The van der Waals surface area contributed by atoms with Crippen molar-refractivity contribution in [2.24, 2.45) is 5.92 Å². The number of nitrogens with one attached hydrogen (secondary N) is 1. The van der Waals surface area contributed by atoms with Crippen molar-refractivity contribution in [1.82, 2.24) is 34.8 Å². The van der Waals surface area contributed by atoms with Crippen molar-refractivity contribution in [2.45, 2.75) is 44.8 Å². The number of amides is 1. The van der Waals surface area contributed by atoms with Gasteiger partial charge in [0.1, 0.15) is 23.9 Å². The molecule has 2 fully saturated rings. The number of halogens is 3. The molecule has 13 heteroatoms. The smallest absolute Gasteiger partial charge is 0.433 e. The summed E-state index contributed by atoms with van der Waals surface area (Å²) in [6, 6.07) is 9.70. The van der Waals surface area contributed by atoms with Crippen LogP contribution in [0, 0.1) is 5.92 Å². The summed E-state index contributed by atoms with van der Waals surface area (Å²) in [4.78, 5) is 39.1. The molecule has 1 aliphatic carbocycles. The molecule has 4 aromatic rings. The number of aromatic nitrogens is 6. The molecule has 0 atom stereocenters. The minimum Gasteiger partial charge on any atom is -0.480 e. The van der Waals surface area contributed by atoms with Crippen LogP contribution in [0.25, 0.3) is 22.6 Å². The third-order valence-electron chi connectivity index (χ3n) is 7.65. The van der Waals surface area contributed by atoms with Gasteiger partial charge in [0.25, 0.3) is 0 Å². The lowest BCUT2D eigenvalue weighted by molar-refractivity contribution is -0.141. The first kappa shape index (κ1) is 28.4. The molecule has 1 saturated carbocycles. The number of hydrogen-bond acceptors (Lipinski definition) is 9. The molecule has 222 valence electrons. The number of methoxy groups -OCH3 is 1. The lowest BCUT2D eigenvalue weighted by atomic mass is 9.90. The van der Waals surface area contributed by atoms with Crippen LogP contribution in [-0.4, -0.2) is 60.9 Å². The van der Waals surface area contributed by atoms with Gasteiger partial charge >= 0.3 is 6.18 Å². The number of pyridine rings is 1. The van der Waals surface area contributed by atoms with E-state index in [-0.39, 0.29) is 11.8 Å². The number of carbonyl (C=O) groups is 1. The zero-order valence-electron chi connectivity index (χ0n) is 23.6. The van der Waals surface area contributed by atoms with Crippen molar-refractivity contribution in [3.05, 3.63) is 71.6 Å². The highest BCUT2D eigenvalue weighted by molar-refractivity contribution is 5.74. The zero-order chi connectivity index (χ0) is 30.1. The monoisotopic (exact) mass is 590 g/mol. The molecule has 1 N–H and O–H groups in total. The van der Waals surface area contributed by atoms with Crippen molar-refractivity contribution in [3.8, 4) is 28.5 Å². The lowest BCUT2D eigenvalue weighted by Crippen LogP contribution is -2.49. The summed E-state index contributed by atoms with van der Waals surface area (Å²) >= 11 is 0. The summed E-state index contributed by atoms with van der Waals surface area (Å²) in [5, 5.41) is 3.19. The zero-order valence-corrected chi connectivity index (χ0v) is 23.6. The molecule has 2 aliphatic rings. The molecular weight excluding hydrogens is 561 g/mol. The second-order valence-corrected chi connectivity index (χ2v) is 10.8. The van der Waals surface area contributed by atoms with Gasteiger partial charge in [-0.2, -0.15) is 18.2 Å². The normalized spacial score (nSPS) is 15.2. The first-order valence-electron chi connectivity index (χ1n) is 13.9. The predicted molar refractivity (Wildman–Crippen MR) is 151 cm³/mol. The molecule has 43 heavy (non-hydrogen) atoms. The van der Waals surface area contributed by atoms with Gasteiger partial charge in [-0.05, 0) is 42.4 Å². The number of carbonyl (C=O) groups excluding carboxylic acids is 1. The van der Waals surface area contributed by atoms with Gasteiger partial charge in [-0.15, -0.1) is 0 Å². The fourth-order valence-corrected chi connectivity index (χ4v) is 5.20. The Balaban J connectivity index is 1.19. The highest BCUT2D eigenvalue weighted by Crippen LogP contribution is 2.44. The van der Waals surface area contributed by atoms with Crippen molar-refractivity contribution in [1.29, 1.82) is 0 Å². The van der Waals surface area contributed by atoms with Crippen molar-refractivity contribution in [3.63, 3.8) is 0 Å². The van der Waals surface area contributed by atoms with Crippen molar-refractivity contribution in [2.75, 3.05) is 25.5 Å². The second-order valence-electron chi connectivity index (χ2n) is 10.8. The standard InChI is InChI=1S/C30H29F3N8O2/c1-17(42)41-13-19(14-41)11-22-9-10-23(30(31,32)33)39-25(22)20-5-3-18(4-6-20)12-34-29-38-16-36-27(40-29)24-26(21-7-8-21)35-15-37-28(24)43-2/h3-6,9-10,15-16,19,21H,7-8,11-14H2,1-2H3,(H,34,36,38,40). The Hall–Kier alpha value is -4.68. The summed E-state index contributed by atoms with van der Waals surface area (Å²) in [5.74, 6) is 1.67. The minimum absolute atomic E-state index is 0.00331. The predicted octanol–water partition coefficient (Wildman–Crippen LogP) is 4.93. The highest BCUT2D eigenvalue weighted by atomic mass is 19.4. The molecule has 0 spiro atoms. The quantitative estimate of drug-likeness (QED) is 0.290. The van der Waals surface area contributed by atoms with Gasteiger partial charge in [-0.3, -0.25) is 4.79 Å². The van der Waals surface area contributed by atoms with Crippen LogP contribution in [-0.2, 0) is 23.9 Å². The molecule has 0 bridgehead atoms. The van der Waals surface area contributed by atoms with E-state index in [0.717, 1.165) is 35.7 Å². The van der Waals surface area contributed by atoms with E-state index in [1.807, 2.05) is 12.1 Å². The van der Waals surface area contributed by atoms with Crippen LogP contribution in [0.15, 0.2) is 49.1 Å². The molecule has 4 heterocycles. The van der Waals surface area contributed by atoms with E-state index >= 15 is 0 Å². The molecule has 6 rings (SSSR count). The third kappa shape index (κ3) is 6.25. The topological polar surface area (TPSA) is 119 Å². The Morgan fingerprint density at radius 1 is 1.00 bits per heavy atom. The van der Waals surface area contributed by atoms with Crippen LogP contribution in [0.1, 0.15) is 48.2 Å². The molecule has 10 nitrogen and oxygen atoms in total. The molecule has 1 aromatic carbocycles. The number of ether oxygens (including phenoxy) is 1. The maximum atomic E-state index is 13.5. The number of likely N-dealkylation sites (tertiary alicyclic amines) is 1. The SMILES string of the molecule is COc1ncnc(C2CC2)c1-c1ncnc(NCc2ccc(-c3nc(C(F)(F)F)ccc3CC3CN(C(C)=O)C3)cc2)n1. The van der Waals surface area contributed by atoms with Crippen molar-refractivity contribution < 1.29 is 22.7 Å². The first-order valence-corrected chi connectivity index (χ1v) is 13.9. The van der Waals surface area contributed by atoms with E-state index < -0.39 is 11.9 Å². The van der Waals surface area contributed by atoms with Gasteiger partial charge in [0.15, 0.2) is 5.82 Å². The van der Waals surface area contributed by atoms with Crippen LogP contribution in [0.4, 0.5) is 19.1 Å². The summed E-state index contributed by atoms with van der Waals surface area (Å²) in [5.41, 5.74) is 3.04. The molecule has 0 radical (unpaired) electrons. The maximum absolute atomic E-state index is 13.5. The Morgan fingerprint density at radius 2 is 1.74 bits per heavy atom. The van der Waals surface area contributed by atoms with Gasteiger partial charge in [0.05, 0.1) is 18.5 Å². The summed E-state index contributed by atoms with van der Waals surface area (Å²) in [7, 11) is 1.54. The number of anilines is 1. The van der Waals surface area contributed by atoms with E-state index in [1.54, 1.807) is 24.1 Å². The number of benzene rings is 1. The molecule has 1 aliphatic heterocycles. The van der Waals surface area contributed by atoms with Gasteiger partial charge in [-0.25, -0.2) is 24.9 Å². The average Bonchev–Trinajstić information content (AvgIpc) is 3.83.